The molecule has 0 saturated carbocycles. The van der Waals surface area contributed by atoms with Crippen molar-refractivity contribution < 1.29 is 4.74 Å². The Labute approximate surface area is 106 Å². The van der Waals surface area contributed by atoms with Gasteiger partial charge in [-0.05, 0) is 30.5 Å². The van der Waals surface area contributed by atoms with Crippen molar-refractivity contribution in [3.8, 4) is 5.75 Å². The van der Waals surface area contributed by atoms with Crippen molar-refractivity contribution in [3.05, 3.63) is 42.1 Å². The second-order valence-electron chi connectivity index (χ2n) is 3.48. The molecule has 1 aromatic carbocycles. The van der Waals surface area contributed by atoms with Gasteiger partial charge in [0, 0.05) is 12.2 Å². The minimum Gasteiger partial charge on any atom is -0.497 e. The Morgan fingerprint density at radius 3 is 2.29 bits per heavy atom. The van der Waals surface area contributed by atoms with E-state index in [-0.39, 0.29) is 0 Å². The highest BCUT2D eigenvalue weighted by Gasteiger charge is 1.94. The van der Waals surface area contributed by atoms with Gasteiger partial charge in [-0.3, -0.25) is 0 Å². The molecule has 0 aliphatic rings. The summed E-state index contributed by atoms with van der Waals surface area (Å²) in [5.41, 5.74) is 2.41. The lowest BCUT2D eigenvalue weighted by molar-refractivity contribution is 0.414. The molecule has 0 amide bonds. The number of benzene rings is 1. The fraction of sp³-hybridized carbons (Fsp3) is 0.467. The largest absolute Gasteiger partial charge is 0.497 e. The summed E-state index contributed by atoms with van der Waals surface area (Å²) in [5, 5.41) is 3.28. The lowest BCUT2D eigenvalue weighted by atomic mass is 10.1. The number of ether oxygens (including phenoxy) is 1. The number of rotatable bonds is 6. The smallest absolute Gasteiger partial charge is 0.118 e. The first kappa shape index (κ1) is 15.6. The van der Waals surface area contributed by atoms with Crippen molar-refractivity contribution in [2.24, 2.45) is 0 Å². The van der Waals surface area contributed by atoms with Crippen LogP contribution in [0.15, 0.2) is 36.5 Å². The number of methoxy groups -OCH3 is 1. The second-order valence-corrected chi connectivity index (χ2v) is 3.48. The van der Waals surface area contributed by atoms with E-state index in [1.807, 2.05) is 26.0 Å². The van der Waals surface area contributed by atoms with Crippen molar-refractivity contribution >= 4 is 0 Å². The van der Waals surface area contributed by atoms with Crippen molar-refractivity contribution in [3.63, 3.8) is 0 Å². The van der Waals surface area contributed by atoms with Crippen LogP contribution in [-0.2, 0) is 6.42 Å². The third-order valence-electron chi connectivity index (χ3n) is 2.37. The predicted molar refractivity (Wildman–Crippen MR) is 75.5 cm³/mol. The highest BCUT2D eigenvalue weighted by molar-refractivity contribution is 5.27. The molecule has 0 fully saturated rings. The van der Waals surface area contributed by atoms with Crippen LogP contribution in [0.2, 0.25) is 0 Å². The van der Waals surface area contributed by atoms with Crippen LogP contribution >= 0.6 is 0 Å². The lowest BCUT2D eigenvalue weighted by Gasteiger charge is -2.07. The molecule has 0 unspecified atom stereocenters. The molecule has 96 valence electrons. The number of allylic oxidation sites excluding steroid dienone is 1. The van der Waals surface area contributed by atoms with Crippen molar-refractivity contribution in [2.45, 2.75) is 33.6 Å². The third-order valence-corrected chi connectivity index (χ3v) is 2.37. The van der Waals surface area contributed by atoms with E-state index >= 15 is 0 Å². The highest BCUT2D eigenvalue weighted by Crippen LogP contribution is 2.11. The monoisotopic (exact) mass is 235 g/mol. The number of hydrogen-bond donors (Lipinski definition) is 1. The molecule has 0 heterocycles. The molecule has 0 saturated heterocycles. The van der Waals surface area contributed by atoms with Gasteiger partial charge < -0.3 is 10.1 Å². The molecule has 17 heavy (non-hydrogen) atoms. The van der Waals surface area contributed by atoms with Gasteiger partial charge in [0.15, 0.2) is 0 Å². The summed E-state index contributed by atoms with van der Waals surface area (Å²) in [4.78, 5) is 0. The molecule has 0 spiro atoms. The Kier molecular flexibility index (Phi) is 8.94. The van der Waals surface area contributed by atoms with Gasteiger partial charge in [0.2, 0.25) is 0 Å². The molecule has 2 heteroatoms. The molecule has 2 nitrogen and oxygen atoms in total. The standard InChI is InChI=1S/C13H19NO.C2H6/c1-4-11(2)14-10-9-12-5-7-13(15-3)8-6-12;1-2/h5-8,14H,2,4,9-10H2,1,3H3;1-2H3. The van der Waals surface area contributed by atoms with Crippen LogP contribution < -0.4 is 10.1 Å². The van der Waals surface area contributed by atoms with Gasteiger partial charge in [-0.1, -0.05) is 39.5 Å². The summed E-state index contributed by atoms with van der Waals surface area (Å²) in [5.74, 6) is 0.907. The van der Waals surface area contributed by atoms with Crippen LogP contribution in [0.5, 0.6) is 5.75 Å². The van der Waals surface area contributed by atoms with Crippen LogP contribution in [0.25, 0.3) is 0 Å². The Bertz CT molecular complexity index is 303. The topological polar surface area (TPSA) is 21.3 Å². The summed E-state index contributed by atoms with van der Waals surface area (Å²) in [6.45, 7) is 10.9. The molecule has 0 aliphatic heterocycles. The van der Waals surface area contributed by atoms with E-state index in [1.54, 1.807) is 7.11 Å². The molecule has 0 atom stereocenters. The molecular formula is C15H25NO. The van der Waals surface area contributed by atoms with E-state index in [0.29, 0.717) is 0 Å². The summed E-state index contributed by atoms with van der Waals surface area (Å²) < 4.78 is 5.10. The minimum absolute atomic E-state index is 0.907. The van der Waals surface area contributed by atoms with Gasteiger partial charge in [-0.25, -0.2) is 0 Å². The molecule has 1 rings (SSSR count). The molecular weight excluding hydrogens is 210 g/mol. The average Bonchev–Trinajstić information content (AvgIpc) is 2.41. The molecule has 0 bridgehead atoms. The van der Waals surface area contributed by atoms with Gasteiger partial charge in [0.25, 0.3) is 0 Å². The van der Waals surface area contributed by atoms with Crippen LogP contribution in [-0.4, -0.2) is 13.7 Å². The van der Waals surface area contributed by atoms with E-state index in [4.69, 9.17) is 4.74 Å². The zero-order valence-corrected chi connectivity index (χ0v) is 11.5. The fourth-order valence-corrected chi connectivity index (χ4v) is 1.30. The van der Waals surface area contributed by atoms with Crippen LogP contribution in [0.3, 0.4) is 0 Å². The maximum absolute atomic E-state index is 5.10. The van der Waals surface area contributed by atoms with Gasteiger partial charge in [0.1, 0.15) is 5.75 Å². The molecule has 0 aliphatic carbocycles. The molecule has 1 aromatic rings. The van der Waals surface area contributed by atoms with E-state index in [1.165, 1.54) is 5.56 Å². The summed E-state index contributed by atoms with van der Waals surface area (Å²) in [6.07, 6.45) is 2.01. The van der Waals surface area contributed by atoms with Crippen LogP contribution in [0.4, 0.5) is 0 Å². The Morgan fingerprint density at radius 1 is 1.24 bits per heavy atom. The van der Waals surface area contributed by atoms with Crippen molar-refractivity contribution in [1.29, 1.82) is 0 Å². The number of nitrogens with one attached hydrogen (secondary N) is 1. The first-order chi connectivity index (χ1) is 8.26. The quantitative estimate of drug-likeness (QED) is 0.810. The maximum Gasteiger partial charge on any atom is 0.118 e. The molecule has 1 N–H and O–H groups in total. The average molecular weight is 235 g/mol. The second kappa shape index (κ2) is 9.76. The van der Waals surface area contributed by atoms with E-state index < -0.39 is 0 Å². The third kappa shape index (κ3) is 6.67. The van der Waals surface area contributed by atoms with Gasteiger partial charge in [-0.15, -0.1) is 0 Å². The zero-order chi connectivity index (χ0) is 13.1. The Hall–Kier alpha value is -1.44. The fourth-order valence-electron chi connectivity index (χ4n) is 1.30. The predicted octanol–water partition coefficient (Wildman–Crippen LogP) is 3.78. The highest BCUT2D eigenvalue weighted by atomic mass is 16.5. The van der Waals surface area contributed by atoms with Crippen molar-refractivity contribution in [2.75, 3.05) is 13.7 Å². The minimum atomic E-state index is 0.907. The van der Waals surface area contributed by atoms with Crippen LogP contribution in [0, 0.1) is 0 Å². The van der Waals surface area contributed by atoms with E-state index in [9.17, 15) is 0 Å². The van der Waals surface area contributed by atoms with Gasteiger partial charge in [-0.2, -0.15) is 0 Å². The van der Waals surface area contributed by atoms with Crippen LogP contribution in [0.1, 0.15) is 32.8 Å². The van der Waals surface area contributed by atoms with Gasteiger partial charge >= 0.3 is 0 Å². The first-order valence-electron chi connectivity index (χ1n) is 6.31. The summed E-state index contributed by atoms with van der Waals surface area (Å²) in [7, 11) is 1.68. The van der Waals surface area contributed by atoms with Gasteiger partial charge in [0.05, 0.1) is 7.11 Å². The van der Waals surface area contributed by atoms with E-state index in [2.05, 4.69) is 31.0 Å². The Balaban J connectivity index is 0.00000121. The first-order valence-corrected chi connectivity index (χ1v) is 6.31. The summed E-state index contributed by atoms with van der Waals surface area (Å²) in [6, 6.07) is 8.17. The SMILES string of the molecule is C=C(CC)NCCc1ccc(OC)cc1.CC. The molecule has 0 radical (unpaired) electrons. The van der Waals surface area contributed by atoms with Crippen molar-refractivity contribution in [1.82, 2.24) is 5.32 Å². The van der Waals surface area contributed by atoms with E-state index in [0.717, 1.165) is 30.8 Å². The summed E-state index contributed by atoms with van der Waals surface area (Å²) >= 11 is 0. The molecule has 0 aromatic heterocycles. The Morgan fingerprint density at radius 2 is 1.82 bits per heavy atom. The zero-order valence-electron chi connectivity index (χ0n) is 11.5. The number of hydrogen-bond acceptors (Lipinski definition) is 2. The maximum atomic E-state index is 5.10. The lowest BCUT2D eigenvalue weighted by Crippen LogP contribution is -2.15. The normalized spacial score (nSPS) is 8.94.